The fourth-order valence-electron chi connectivity index (χ4n) is 2.34. The summed E-state index contributed by atoms with van der Waals surface area (Å²) in [6.07, 6.45) is 1.78. The molecule has 6 nitrogen and oxygen atoms in total. The molecule has 0 aliphatic heterocycles. The van der Waals surface area contributed by atoms with E-state index in [1.807, 2.05) is 55.6 Å². The number of nitrogens with one attached hydrogen (secondary N) is 2. The fraction of sp³-hybridized carbons (Fsp3) is 0.316. The van der Waals surface area contributed by atoms with E-state index in [1.165, 1.54) is 17.6 Å². The molecule has 2 rings (SSSR count). The predicted octanol–water partition coefficient (Wildman–Crippen LogP) is 2.59. The van der Waals surface area contributed by atoms with Crippen molar-refractivity contribution in [3.63, 3.8) is 0 Å². The Morgan fingerprint density at radius 3 is 2.65 bits per heavy atom. The van der Waals surface area contributed by atoms with Gasteiger partial charge in [-0.05, 0) is 29.5 Å². The molecule has 2 N–H and O–H groups in total. The Bertz CT molecular complexity index is 757. The highest BCUT2D eigenvalue weighted by molar-refractivity contribution is 7.10. The molecule has 1 atom stereocenters. The van der Waals surface area contributed by atoms with Crippen LogP contribution in [0.15, 0.2) is 46.9 Å². The van der Waals surface area contributed by atoms with Crippen molar-refractivity contribution in [2.24, 2.45) is 11.0 Å². The van der Waals surface area contributed by atoms with Crippen LogP contribution < -0.4 is 15.5 Å². The number of carbonyl (C=O) groups is 2. The number of hydrogen-bond donors (Lipinski definition) is 2. The van der Waals surface area contributed by atoms with Crippen molar-refractivity contribution in [2.75, 3.05) is 7.11 Å². The Kier molecular flexibility index (Phi) is 7.35. The van der Waals surface area contributed by atoms with Gasteiger partial charge in [0.15, 0.2) is 0 Å². The number of ether oxygens (including phenoxy) is 1. The van der Waals surface area contributed by atoms with Crippen molar-refractivity contribution in [1.82, 2.24) is 10.7 Å². The van der Waals surface area contributed by atoms with E-state index in [2.05, 4.69) is 15.8 Å². The van der Waals surface area contributed by atoms with Crippen molar-refractivity contribution < 1.29 is 14.3 Å². The lowest BCUT2D eigenvalue weighted by molar-refractivity contribution is -0.129. The topological polar surface area (TPSA) is 79.8 Å². The van der Waals surface area contributed by atoms with E-state index in [1.54, 1.807) is 7.11 Å². The molecule has 0 radical (unpaired) electrons. The number of amides is 2. The van der Waals surface area contributed by atoms with Gasteiger partial charge in [0.2, 0.25) is 5.91 Å². The van der Waals surface area contributed by atoms with Crippen LogP contribution in [0.4, 0.5) is 0 Å². The van der Waals surface area contributed by atoms with Gasteiger partial charge in [0.05, 0.1) is 19.7 Å². The zero-order valence-corrected chi connectivity index (χ0v) is 15.9. The van der Waals surface area contributed by atoms with Gasteiger partial charge in [0.25, 0.3) is 5.91 Å². The normalized spacial score (nSPS) is 12.2. The standard InChI is InChI=1S/C19H23N3O3S/c1-13(2)18(21-17(23)11-15-8-6-10-26-15)19(24)22-20-12-14-7-4-5-9-16(14)25-3/h4-10,12-13,18H,11H2,1-3H3,(H,21,23)(H,22,24)/b20-12-/t18-/m0/s1. The number of thiophene rings is 1. The predicted molar refractivity (Wildman–Crippen MR) is 104 cm³/mol. The number of hydrazone groups is 1. The number of methoxy groups -OCH3 is 1. The lowest BCUT2D eigenvalue weighted by atomic mass is 10.0. The van der Waals surface area contributed by atoms with Gasteiger partial charge < -0.3 is 10.1 Å². The molecule has 1 heterocycles. The lowest BCUT2D eigenvalue weighted by Gasteiger charge is -2.20. The second-order valence-corrected chi connectivity index (χ2v) is 7.05. The Morgan fingerprint density at radius 2 is 2.00 bits per heavy atom. The third-order valence-corrected chi connectivity index (χ3v) is 4.57. The minimum absolute atomic E-state index is 0.0660. The second kappa shape index (κ2) is 9.72. The van der Waals surface area contributed by atoms with Crippen LogP contribution in [0.5, 0.6) is 5.75 Å². The molecule has 7 heteroatoms. The fourth-order valence-corrected chi connectivity index (χ4v) is 3.04. The Labute approximate surface area is 157 Å². The summed E-state index contributed by atoms with van der Waals surface area (Å²) in [5, 5.41) is 8.68. The smallest absolute Gasteiger partial charge is 0.262 e. The Balaban J connectivity index is 1.95. The third kappa shape index (κ3) is 5.70. The minimum atomic E-state index is -0.655. The first kappa shape index (κ1) is 19.7. The van der Waals surface area contributed by atoms with E-state index >= 15 is 0 Å². The van der Waals surface area contributed by atoms with Crippen molar-refractivity contribution in [3.05, 3.63) is 52.2 Å². The summed E-state index contributed by atoms with van der Waals surface area (Å²) >= 11 is 1.51. The van der Waals surface area contributed by atoms with Crippen molar-refractivity contribution >= 4 is 29.4 Å². The first-order chi connectivity index (χ1) is 12.5. The zero-order chi connectivity index (χ0) is 18.9. The highest BCUT2D eigenvalue weighted by Crippen LogP contribution is 2.14. The summed E-state index contributed by atoms with van der Waals surface area (Å²) in [6.45, 7) is 3.75. The van der Waals surface area contributed by atoms with Gasteiger partial charge >= 0.3 is 0 Å². The number of nitrogens with zero attached hydrogens (tertiary/aromatic N) is 1. The number of para-hydroxylation sites is 1. The number of rotatable bonds is 8. The number of carbonyl (C=O) groups excluding carboxylic acids is 2. The molecule has 0 saturated heterocycles. The average Bonchev–Trinajstić information content (AvgIpc) is 3.12. The molecule has 0 unspecified atom stereocenters. The molecular weight excluding hydrogens is 350 g/mol. The monoisotopic (exact) mass is 373 g/mol. The molecule has 26 heavy (non-hydrogen) atoms. The van der Waals surface area contributed by atoms with E-state index in [0.29, 0.717) is 5.75 Å². The molecule has 2 amide bonds. The molecule has 1 aromatic heterocycles. The first-order valence-corrected chi connectivity index (χ1v) is 9.17. The average molecular weight is 373 g/mol. The lowest BCUT2D eigenvalue weighted by Crippen LogP contribution is -2.49. The van der Waals surface area contributed by atoms with Gasteiger partial charge in [-0.15, -0.1) is 11.3 Å². The van der Waals surface area contributed by atoms with E-state index in [4.69, 9.17) is 4.74 Å². The van der Waals surface area contributed by atoms with E-state index in [-0.39, 0.29) is 24.2 Å². The third-order valence-electron chi connectivity index (χ3n) is 3.70. The summed E-state index contributed by atoms with van der Waals surface area (Å²) in [4.78, 5) is 25.5. The number of benzene rings is 1. The molecule has 1 aromatic carbocycles. The Hall–Kier alpha value is -2.67. The molecule has 0 bridgehead atoms. The van der Waals surface area contributed by atoms with Crippen molar-refractivity contribution in [3.8, 4) is 5.75 Å². The molecule has 0 aliphatic rings. The highest BCUT2D eigenvalue weighted by Gasteiger charge is 2.24. The van der Waals surface area contributed by atoms with Crippen molar-refractivity contribution in [1.29, 1.82) is 0 Å². The van der Waals surface area contributed by atoms with Crippen LogP contribution in [-0.4, -0.2) is 31.2 Å². The summed E-state index contributed by atoms with van der Waals surface area (Å²) in [6, 6.07) is 10.5. The maximum atomic E-state index is 12.4. The van der Waals surface area contributed by atoms with Crippen molar-refractivity contribution in [2.45, 2.75) is 26.3 Å². The molecular formula is C19H23N3O3S. The summed E-state index contributed by atoms with van der Waals surface area (Å²) in [5.74, 6) is 0.0552. The first-order valence-electron chi connectivity index (χ1n) is 8.29. The van der Waals surface area contributed by atoms with Crippen LogP contribution in [0.3, 0.4) is 0 Å². The van der Waals surface area contributed by atoms with Gasteiger partial charge in [0, 0.05) is 10.4 Å². The maximum absolute atomic E-state index is 12.4. The van der Waals surface area contributed by atoms with E-state index in [0.717, 1.165) is 10.4 Å². The molecule has 2 aromatic rings. The summed E-state index contributed by atoms with van der Waals surface area (Å²) < 4.78 is 5.23. The number of hydrogen-bond acceptors (Lipinski definition) is 5. The maximum Gasteiger partial charge on any atom is 0.262 e. The van der Waals surface area contributed by atoms with Gasteiger partial charge in [-0.3, -0.25) is 9.59 Å². The van der Waals surface area contributed by atoms with Crippen LogP contribution >= 0.6 is 11.3 Å². The molecule has 0 saturated carbocycles. The van der Waals surface area contributed by atoms with E-state index < -0.39 is 6.04 Å². The van der Waals surface area contributed by atoms with Gasteiger partial charge in [-0.25, -0.2) is 5.43 Å². The van der Waals surface area contributed by atoms with Crippen LogP contribution in [0.2, 0.25) is 0 Å². The molecule has 138 valence electrons. The van der Waals surface area contributed by atoms with Gasteiger partial charge in [-0.1, -0.05) is 32.0 Å². The molecule has 0 aliphatic carbocycles. The Morgan fingerprint density at radius 1 is 1.23 bits per heavy atom. The zero-order valence-electron chi connectivity index (χ0n) is 15.1. The van der Waals surface area contributed by atoms with Crippen LogP contribution in [0.1, 0.15) is 24.3 Å². The van der Waals surface area contributed by atoms with Crippen LogP contribution in [-0.2, 0) is 16.0 Å². The second-order valence-electron chi connectivity index (χ2n) is 6.02. The molecule has 0 fully saturated rings. The van der Waals surface area contributed by atoms with Gasteiger partial charge in [-0.2, -0.15) is 5.10 Å². The highest BCUT2D eigenvalue weighted by atomic mass is 32.1. The minimum Gasteiger partial charge on any atom is -0.496 e. The SMILES string of the molecule is COc1ccccc1/C=N\NC(=O)[C@@H](NC(=O)Cc1cccs1)C(C)C. The van der Waals surface area contributed by atoms with Crippen LogP contribution in [0, 0.1) is 5.92 Å². The largest absolute Gasteiger partial charge is 0.496 e. The quantitative estimate of drug-likeness (QED) is 0.551. The van der Waals surface area contributed by atoms with Gasteiger partial charge in [0.1, 0.15) is 11.8 Å². The summed E-state index contributed by atoms with van der Waals surface area (Å²) in [7, 11) is 1.57. The van der Waals surface area contributed by atoms with Crippen LogP contribution in [0.25, 0.3) is 0 Å². The van der Waals surface area contributed by atoms with E-state index in [9.17, 15) is 9.59 Å². The summed E-state index contributed by atoms with van der Waals surface area (Å²) in [5.41, 5.74) is 3.24. The molecule has 0 spiro atoms.